The summed E-state index contributed by atoms with van der Waals surface area (Å²) in [6.07, 6.45) is 6.25. The molecule has 0 aromatic heterocycles. The first kappa shape index (κ1) is 14.1. The van der Waals surface area contributed by atoms with Crippen molar-refractivity contribution < 1.29 is 15.1 Å². The number of rotatable bonds is 3. The van der Waals surface area contributed by atoms with Crippen molar-refractivity contribution in [3.63, 3.8) is 0 Å². The number of amidine groups is 1. The fourth-order valence-electron chi connectivity index (χ4n) is 2.99. The third-order valence-corrected chi connectivity index (χ3v) is 4.54. The minimum Gasteiger partial charge on any atom is -0.409 e. The number of carbonyl (C=O) groups excluding carboxylic acids is 1. The summed E-state index contributed by atoms with van der Waals surface area (Å²) in [6, 6.07) is -0.209. The Hall–Kier alpha value is -1.30. The predicted octanol–water partition coefficient (Wildman–Crippen LogP) is 0.713. The molecule has 0 heterocycles. The molecule has 0 aromatic carbocycles. The Bertz CT molecular complexity index is 366. The third-order valence-electron chi connectivity index (χ3n) is 4.54. The molecule has 1 amide bonds. The van der Waals surface area contributed by atoms with Gasteiger partial charge in [0.2, 0.25) is 5.91 Å². The highest BCUT2D eigenvalue weighted by Crippen LogP contribution is 2.41. The van der Waals surface area contributed by atoms with E-state index in [9.17, 15) is 9.90 Å². The van der Waals surface area contributed by atoms with Gasteiger partial charge in [0, 0.05) is 0 Å². The summed E-state index contributed by atoms with van der Waals surface area (Å²) in [5, 5.41) is 24.8. The van der Waals surface area contributed by atoms with E-state index in [1.807, 2.05) is 0 Å². The van der Waals surface area contributed by atoms with Crippen molar-refractivity contribution in [3.8, 4) is 0 Å². The number of nitrogens with one attached hydrogen (secondary N) is 1. The van der Waals surface area contributed by atoms with Crippen LogP contribution in [-0.2, 0) is 4.79 Å². The van der Waals surface area contributed by atoms with E-state index in [-0.39, 0.29) is 17.8 Å². The van der Waals surface area contributed by atoms with Crippen molar-refractivity contribution in [3.05, 3.63) is 0 Å². The average molecular weight is 269 g/mol. The molecule has 2 atom stereocenters. The average Bonchev–Trinajstić information content (AvgIpc) is 2.53. The summed E-state index contributed by atoms with van der Waals surface area (Å²) in [5.41, 5.74) is 4.80. The molecule has 0 saturated heterocycles. The fourth-order valence-corrected chi connectivity index (χ4v) is 2.99. The number of nitrogens with zero attached hydrogens (tertiary/aromatic N) is 1. The van der Waals surface area contributed by atoms with Gasteiger partial charge in [-0.05, 0) is 25.7 Å². The zero-order valence-corrected chi connectivity index (χ0v) is 11.1. The quantitative estimate of drug-likeness (QED) is 0.199. The Kier molecular flexibility index (Phi) is 4.29. The van der Waals surface area contributed by atoms with Gasteiger partial charge in [0.15, 0.2) is 5.84 Å². The molecule has 6 heteroatoms. The Balaban J connectivity index is 2.03. The molecule has 0 bridgehead atoms. The Labute approximate surface area is 113 Å². The van der Waals surface area contributed by atoms with E-state index in [1.54, 1.807) is 0 Å². The molecule has 2 saturated carbocycles. The van der Waals surface area contributed by atoms with Crippen LogP contribution in [0, 0.1) is 5.41 Å². The number of hydrogen-bond donors (Lipinski definition) is 4. The smallest absolute Gasteiger partial charge is 0.234 e. The van der Waals surface area contributed by atoms with Crippen LogP contribution >= 0.6 is 0 Å². The lowest BCUT2D eigenvalue weighted by Crippen LogP contribution is -2.57. The molecule has 2 unspecified atom stereocenters. The van der Waals surface area contributed by atoms with Crippen LogP contribution in [0.5, 0.6) is 0 Å². The minimum atomic E-state index is -0.860. The second-order valence-electron chi connectivity index (χ2n) is 5.71. The molecule has 6 nitrogen and oxygen atoms in total. The van der Waals surface area contributed by atoms with Gasteiger partial charge in [0.25, 0.3) is 0 Å². The molecule has 0 radical (unpaired) electrons. The highest BCUT2D eigenvalue weighted by Gasteiger charge is 2.49. The second kappa shape index (κ2) is 5.77. The molecule has 2 rings (SSSR count). The van der Waals surface area contributed by atoms with Gasteiger partial charge in [0.05, 0.1) is 12.1 Å². The summed E-state index contributed by atoms with van der Waals surface area (Å²) in [4.78, 5) is 12.4. The molecule has 0 spiro atoms. The number of hydrogen-bond acceptors (Lipinski definition) is 4. The van der Waals surface area contributed by atoms with E-state index >= 15 is 0 Å². The molecule has 0 aromatic rings. The zero-order valence-electron chi connectivity index (χ0n) is 11.1. The molecule has 108 valence electrons. The number of aliphatic hydroxyl groups excluding tert-OH is 1. The molecule has 2 fully saturated rings. The maximum atomic E-state index is 12.4. The van der Waals surface area contributed by atoms with E-state index in [4.69, 9.17) is 10.9 Å². The molecular formula is C13H23N3O3. The summed E-state index contributed by atoms with van der Waals surface area (Å²) in [6.45, 7) is 0. The van der Waals surface area contributed by atoms with Gasteiger partial charge >= 0.3 is 0 Å². The van der Waals surface area contributed by atoms with Gasteiger partial charge in [-0.3, -0.25) is 4.79 Å². The van der Waals surface area contributed by atoms with Gasteiger partial charge in [-0.25, -0.2) is 0 Å². The molecule has 2 aliphatic rings. The lowest BCUT2D eigenvalue weighted by molar-refractivity contribution is -0.132. The van der Waals surface area contributed by atoms with Crippen LogP contribution in [0.1, 0.15) is 51.4 Å². The fraction of sp³-hybridized carbons (Fsp3) is 0.846. The van der Waals surface area contributed by atoms with Crippen LogP contribution in [0.15, 0.2) is 5.16 Å². The van der Waals surface area contributed by atoms with Crippen molar-refractivity contribution in [2.45, 2.75) is 63.5 Å². The van der Waals surface area contributed by atoms with Crippen LogP contribution in [0.3, 0.4) is 0 Å². The van der Waals surface area contributed by atoms with Crippen molar-refractivity contribution in [2.24, 2.45) is 16.3 Å². The van der Waals surface area contributed by atoms with Crippen molar-refractivity contribution >= 4 is 11.7 Å². The van der Waals surface area contributed by atoms with E-state index in [1.165, 1.54) is 0 Å². The van der Waals surface area contributed by atoms with Crippen LogP contribution < -0.4 is 11.1 Å². The first-order valence-electron chi connectivity index (χ1n) is 7.07. The van der Waals surface area contributed by atoms with E-state index in [0.29, 0.717) is 12.8 Å². The summed E-state index contributed by atoms with van der Waals surface area (Å²) < 4.78 is 0. The van der Waals surface area contributed by atoms with Crippen LogP contribution in [0.2, 0.25) is 0 Å². The van der Waals surface area contributed by atoms with Gasteiger partial charge in [-0.15, -0.1) is 0 Å². The lowest BCUT2D eigenvalue weighted by Gasteiger charge is -2.40. The normalized spacial score (nSPS) is 31.1. The predicted molar refractivity (Wildman–Crippen MR) is 70.7 cm³/mol. The topological polar surface area (TPSA) is 108 Å². The van der Waals surface area contributed by atoms with Gasteiger partial charge in [-0.2, -0.15) is 0 Å². The molecular weight excluding hydrogens is 246 g/mol. The number of carbonyl (C=O) groups is 1. The third kappa shape index (κ3) is 2.68. The first-order chi connectivity index (χ1) is 9.10. The first-order valence-corrected chi connectivity index (χ1v) is 7.07. The number of aliphatic hydroxyl groups is 1. The second-order valence-corrected chi connectivity index (χ2v) is 5.71. The van der Waals surface area contributed by atoms with Crippen LogP contribution in [0.4, 0.5) is 0 Å². The van der Waals surface area contributed by atoms with Gasteiger partial charge < -0.3 is 21.4 Å². The Morgan fingerprint density at radius 1 is 1.21 bits per heavy atom. The monoisotopic (exact) mass is 269 g/mol. The minimum absolute atomic E-state index is 0.0145. The molecule has 0 aliphatic heterocycles. The zero-order chi connectivity index (χ0) is 13.9. The SMILES string of the molecule is NC(=NO)C1(C(=O)NC2CCCCCC2O)CCC1. The largest absolute Gasteiger partial charge is 0.409 e. The van der Waals surface area contributed by atoms with Crippen LogP contribution in [-0.4, -0.2) is 34.2 Å². The summed E-state index contributed by atoms with van der Waals surface area (Å²) >= 11 is 0. The van der Waals surface area contributed by atoms with E-state index in [0.717, 1.165) is 38.5 Å². The van der Waals surface area contributed by atoms with Gasteiger partial charge in [-0.1, -0.05) is 30.8 Å². The van der Waals surface area contributed by atoms with Crippen LogP contribution in [0.25, 0.3) is 0 Å². The lowest BCUT2D eigenvalue weighted by atomic mass is 9.67. The number of oxime groups is 1. The summed E-state index contributed by atoms with van der Waals surface area (Å²) in [7, 11) is 0. The van der Waals surface area contributed by atoms with Crippen molar-refractivity contribution in [1.82, 2.24) is 5.32 Å². The molecule has 2 aliphatic carbocycles. The molecule has 5 N–H and O–H groups in total. The van der Waals surface area contributed by atoms with E-state index < -0.39 is 11.5 Å². The highest BCUT2D eigenvalue weighted by atomic mass is 16.4. The Morgan fingerprint density at radius 3 is 2.47 bits per heavy atom. The standard InChI is InChI=1S/C13H23N3O3/c14-11(16-19)13(7-4-8-13)12(18)15-9-5-2-1-3-6-10(9)17/h9-10,17,19H,1-8H2,(H2,14,16)(H,15,18). The Morgan fingerprint density at radius 2 is 1.89 bits per heavy atom. The van der Waals surface area contributed by atoms with Crippen molar-refractivity contribution in [1.29, 1.82) is 0 Å². The maximum absolute atomic E-state index is 12.4. The molecule has 19 heavy (non-hydrogen) atoms. The maximum Gasteiger partial charge on any atom is 0.234 e. The summed E-state index contributed by atoms with van der Waals surface area (Å²) in [5.74, 6) is -0.223. The van der Waals surface area contributed by atoms with E-state index in [2.05, 4.69) is 10.5 Å². The number of nitrogens with two attached hydrogens (primary N) is 1. The van der Waals surface area contributed by atoms with Gasteiger partial charge in [0.1, 0.15) is 5.41 Å². The highest BCUT2D eigenvalue weighted by molar-refractivity contribution is 6.07. The van der Waals surface area contributed by atoms with Crippen molar-refractivity contribution in [2.75, 3.05) is 0 Å². The number of amides is 1.